The van der Waals surface area contributed by atoms with E-state index in [9.17, 15) is 0 Å². The smallest absolute Gasteiger partial charge is 0.0620 e. The van der Waals surface area contributed by atoms with E-state index in [2.05, 4.69) is 264 Å². The van der Waals surface area contributed by atoms with Gasteiger partial charge in [-0.15, -0.1) is 0 Å². The molecule has 12 aromatic rings. The van der Waals surface area contributed by atoms with Gasteiger partial charge in [0.05, 0.1) is 22.4 Å². The molecule has 0 amide bonds. The van der Waals surface area contributed by atoms with Crippen LogP contribution >= 0.6 is 0 Å². The second-order valence-corrected chi connectivity index (χ2v) is 21.9. The van der Waals surface area contributed by atoms with Crippen LogP contribution in [0.3, 0.4) is 0 Å². The molecule has 1 spiro atoms. The minimum atomic E-state index is 0.140. The summed E-state index contributed by atoms with van der Waals surface area (Å²) in [4.78, 5) is 2.53. The molecule has 5 atom stereocenters. The normalized spacial score (nSPS) is 19.8. The highest BCUT2D eigenvalue weighted by Crippen LogP contribution is 2.73. The van der Waals surface area contributed by atoms with E-state index < -0.39 is 0 Å². The van der Waals surface area contributed by atoms with Crippen molar-refractivity contribution in [2.75, 3.05) is 4.90 Å². The molecule has 5 unspecified atom stereocenters. The van der Waals surface area contributed by atoms with Crippen molar-refractivity contribution in [3.8, 4) is 61.3 Å². The summed E-state index contributed by atoms with van der Waals surface area (Å²) in [6, 6.07) is 95.6. The van der Waals surface area contributed by atoms with Crippen LogP contribution in [0.2, 0.25) is 0 Å². The molecule has 75 heavy (non-hydrogen) atoms. The SMILES string of the molecule is c1ccc(-c2cccc3cccc(-c4ccccc4N(c4ccc(-c5ccc6c(c5)C5(c7ccccc7-6)C6CC7CC(C6)C5C7)cc4)c4ccccc4-c4cccc5c6ccccc6n(-c6ccccc6)c45)c23)cc1. The Bertz CT molecular complexity index is 4210. The first-order valence-corrected chi connectivity index (χ1v) is 27.2. The van der Waals surface area contributed by atoms with Gasteiger partial charge in [-0.05, 0) is 159 Å². The first-order valence-electron chi connectivity index (χ1n) is 27.2. The van der Waals surface area contributed by atoms with Crippen LogP contribution in [-0.2, 0) is 5.41 Å². The van der Waals surface area contributed by atoms with Gasteiger partial charge < -0.3 is 9.47 Å². The second kappa shape index (κ2) is 16.6. The van der Waals surface area contributed by atoms with Gasteiger partial charge in [-0.1, -0.05) is 206 Å². The van der Waals surface area contributed by atoms with Crippen molar-refractivity contribution < 1.29 is 0 Å². The number of para-hydroxylation sites is 5. The second-order valence-electron chi connectivity index (χ2n) is 21.9. The van der Waals surface area contributed by atoms with Crippen molar-refractivity contribution in [2.24, 2.45) is 23.7 Å². The Hall–Kier alpha value is -8.72. The Morgan fingerprint density at radius 3 is 1.77 bits per heavy atom. The molecule has 1 aromatic heterocycles. The van der Waals surface area contributed by atoms with E-state index in [0.29, 0.717) is 0 Å². The van der Waals surface area contributed by atoms with E-state index in [-0.39, 0.29) is 5.41 Å². The molecule has 356 valence electrons. The fraction of sp³-hybridized carbons (Fsp3) is 0.123. The van der Waals surface area contributed by atoms with Crippen molar-refractivity contribution in [3.05, 3.63) is 266 Å². The Balaban J connectivity index is 0.904. The molecule has 0 aliphatic heterocycles. The molecule has 11 aromatic carbocycles. The fourth-order valence-electron chi connectivity index (χ4n) is 15.7. The zero-order valence-electron chi connectivity index (χ0n) is 41.8. The summed E-state index contributed by atoms with van der Waals surface area (Å²) < 4.78 is 2.46. The van der Waals surface area contributed by atoms with Crippen LogP contribution < -0.4 is 4.90 Å². The number of hydrogen-bond acceptors (Lipinski definition) is 1. The molecule has 2 heteroatoms. The molecular formula is C73H54N2. The summed E-state index contributed by atoms with van der Waals surface area (Å²) in [6.07, 6.45) is 5.60. The number of aromatic nitrogens is 1. The minimum Gasteiger partial charge on any atom is -0.309 e. The molecule has 1 heterocycles. The molecule has 4 saturated carbocycles. The molecule has 0 radical (unpaired) electrons. The highest BCUT2D eigenvalue weighted by atomic mass is 15.1. The molecule has 0 N–H and O–H groups in total. The summed E-state index contributed by atoms with van der Waals surface area (Å²) in [5.74, 6) is 3.27. The van der Waals surface area contributed by atoms with Gasteiger partial charge in [0.1, 0.15) is 0 Å². The predicted molar refractivity (Wildman–Crippen MR) is 313 cm³/mol. The molecule has 0 saturated heterocycles. The topological polar surface area (TPSA) is 8.17 Å². The third-order valence-electron chi connectivity index (χ3n) is 18.4. The molecule has 17 rings (SSSR count). The Morgan fingerprint density at radius 1 is 0.387 bits per heavy atom. The lowest BCUT2D eigenvalue weighted by molar-refractivity contribution is 0.191. The van der Waals surface area contributed by atoms with E-state index in [0.717, 1.165) is 52.0 Å². The van der Waals surface area contributed by atoms with Crippen LogP contribution in [0.25, 0.3) is 93.9 Å². The highest BCUT2D eigenvalue weighted by molar-refractivity contribution is 6.15. The van der Waals surface area contributed by atoms with Crippen LogP contribution in [-0.4, -0.2) is 4.57 Å². The maximum atomic E-state index is 2.62. The average Bonchev–Trinajstić information content (AvgIpc) is 4.33. The van der Waals surface area contributed by atoms with Crippen molar-refractivity contribution in [2.45, 2.75) is 31.1 Å². The monoisotopic (exact) mass is 958 g/mol. The lowest BCUT2D eigenvalue weighted by Gasteiger charge is -2.44. The molecule has 2 nitrogen and oxygen atoms in total. The number of rotatable bonds is 8. The molecular weight excluding hydrogens is 905 g/mol. The summed E-state index contributed by atoms with van der Waals surface area (Å²) >= 11 is 0. The lowest BCUT2D eigenvalue weighted by Crippen LogP contribution is -2.40. The number of fused-ring (bicyclic) bond motifs is 7. The van der Waals surface area contributed by atoms with Crippen LogP contribution in [0.15, 0.2) is 255 Å². The van der Waals surface area contributed by atoms with Crippen LogP contribution in [0.4, 0.5) is 17.1 Å². The summed E-state index contributed by atoms with van der Waals surface area (Å²) in [5, 5.41) is 4.95. The van der Waals surface area contributed by atoms with Crippen LogP contribution in [0.5, 0.6) is 0 Å². The van der Waals surface area contributed by atoms with Gasteiger partial charge in [0.2, 0.25) is 0 Å². The molecule has 5 aliphatic carbocycles. The maximum Gasteiger partial charge on any atom is 0.0620 e. The van der Waals surface area contributed by atoms with Crippen molar-refractivity contribution in [3.63, 3.8) is 0 Å². The van der Waals surface area contributed by atoms with E-state index in [1.807, 2.05) is 0 Å². The minimum absolute atomic E-state index is 0.140. The van der Waals surface area contributed by atoms with Crippen LogP contribution in [0, 0.1) is 23.7 Å². The lowest BCUT2D eigenvalue weighted by atomic mass is 9.59. The summed E-state index contributed by atoms with van der Waals surface area (Å²) in [6.45, 7) is 0. The van der Waals surface area contributed by atoms with Crippen LogP contribution in [0.1, 0.15) is 36.8 Å². The standard InChI is InChI=1S/C73H54N2/c1-3-18-49(19-4-1)56-28-15-20-50-21-16-29-62(71(50)56)59-25-8-12-33-68(59)74(69-34-13-9-26-60(69)63-30-17-31-64-61-27-10-14-35-70(61)75(72(63)64)54-22-5-2-6-23-54)55-39-36-48(37-40-55)51-38-41-58-57-24-7-11-32-65(57)73(67(58)46-51)53-43-47-42-52(45-53)66(73)44-47/h1-41,46-47,52-53,66H,42-45H2. The maximum absolute atomic E-state index is 2.62. The first kappa shape index (κ1) is 42.8. The number of benzene rings is 11. The fourth-order valence-corrected chi connectivity index (χ4v) is 15.7. The van der Waals surface area contributed by atoms with Crippen molar-refractivity contribution in [1.29, 1.82) is 0 Å². The third-order valence-corrected chi connectivity index (χ3v) is 18.4. The average molecular weight is 959 g/mol. The Labute approximate surface area is 438 Å². The zero-order chi connectivity index (χ0) is 49.2. The van der Waals surface area contributed by atoms with E-state index >= 15 is 0 Å². The van der Waals surface area contributed by atoms with Gasteiger partial charge in [-0.25, -0.2) is 0 Å². The molecule has 4 bridgehead atoms. The van der Waals surface area contributed by atoms with Gasteiger partial charge in [0.15, 0.2) is 0 Å². The zero-order valence-corrected chi connectivity index (χ0v) is 41.8. The Kier molecular flexibility index (Phi) is 9.49. The van der Waals surface area contributed by atoms with Crippen molar-refractivity contribution >= 4 is 49.6 Å². The van der Waals surface area contributed by atoms with E-state index in [1.165, 1.54) is 108 Å². The third kappa shape index (κ3) is 6.26. The van der Waals surface area contributed by atoms with Crippen molar-refractivity contribution in [1.82, 2.24) is 4.57 Å². The number of hydrogen-bond donors (Lipinski definition) is 0. The van der Waals surface area contributed by atoms with Gasteiger partial charge in [-0.2, -0.15) is 0 Å². The number of anilines is 3. The van der Waals surface area contributed by atoms with E-state index in [4.69, 9.17) is 0 Å². The van der Waals surface area contributed by atoms with Gasteiger partial charge >= 0.3 is 0 Å². The van der Waals surface area contributed by atoms with E-state index in [1.54, 1.807) is 11.1 Å². The molecule has 4 fully saturated rings. The van der Waals surface area contributed by atoms with Gasteiger partial charge in [-0.3, -0.25) is 0 Å². The Morgan fingerprint density at radius 2 is 0.987 bits per heavy atom. The predicted octanol–water partition coefficient (Wildman–Crippen LogP) is 19.4. The highest BCUT2D eigenvalue weighted by Gasteiger charge is 2.66. The number of nitrogens with zero attached hydrogens (tertiary/aromatic N) is 2. The summed E-state index contributed by atoms with van der Waals surface area (Å²) in [5.41, 5.74) is 22.9. The largest absolute Gasteiger partial charge is 0.309 e. The first-order chi connectivity index (χ1) is 37.2. The molecule has 5 aliphatic rings. The van der Waals surface area contributed by atoms with Gasteiger partial charge in [0.25, 0.3) is 0 Å². The quantitative estimate of drug-likeness (QED) is 0.147. The summed E-state index contributed by atoms with van der Waals surface area (Å²) in [7, 11) is 0. The van der Waals surface area contributed by atoms with Gasteiger partial charge in [0, 0.05) is 44.3 Å².